The second kappa shape index (κ2) is 5.58. The molecule has 0 saturated carbocycles. The summed E-state index contributed by atoms with van der Waals surface area (Å²) in [4.78, 5) is 21.8. The van der Waals surface area contributed by atoms with Gasteiger partial charge < -0.3 is 15.7 Å². The van der Waals surface area contributed by atoms with E-state index in [4.69, 9.17) is 5.11 Å². The van der Waals surface area contributed by atoms with Gasteiger partial charge in [-0.2, -0.15) is 0 Å². The molecule has 0 aliphatic carbocycles. The fourth-order valence-electron chi connectivity index (χ4n) is 0.773. The summed E-state index contributed by atoms with van der Waals surface area (Å²) in [6.45, 7) is 7.48. The monoisotopic (exact) mass is 216 g/mol. The van der Waals surface area contributed by atoms with Crippen molar-refractivity contribution in [3.63, 3.8) is 0 Å². The van der Waals surface area contributed by atoms with E-state index < -0.39 is 11.9 Å². The summed E-state index contributed by atoms with van der Waals surface area (Å²) in [7, 11) is 0. The quantitative estimate of drug-likeness (QED) is 0.646. The third-order valence-electron chi connectivity index (χ3n) is 2.33. The molecule has 0 fully saturated rings. The lowest BCUT2D eigenvalue weighted by Crippen LogP contribution is -2.49. The molecular weight excluding hydrogens is 196 g/mol. The van der Waals surface area contributed by atoms with Gasteiger partial charge in [0.15, 0.2) is 0 Å². The highest BCUT2D eigenvalue weighted by molar-refractivity contribution is 5.76. The number of aliphatic carboxylic acids is 1. The summed E-state index contributed by atoms with van der Waals surface area (Å²) in [5, 5.41) is 13.9. The van der Waals surface area contributed by atoms with Crippen molar-refractivity contribution in [1.29, 1.82) is 0 Å². The maximum absolute atomic E-state index is 11.3. The summed E-state index contributed by atoms with van der Waals surface area (Å²) in [6, 6.07) is -0.324. The van der Waals surface area contributed by atoms with Crippen molar-refractivity contribution in [3.8, 4) is 0 Å². The molecule has 0 aliphatic heterocycles. The molecule has 2 amide bonds. The molecule has 0 radical (unpaired) electrons. The van der Waals surface area contributed by atoms with Crippen LogP contribution in [0.15, 0.2) is 0 Å². The Kier molecular flexibility index (Phi) is 5.11. The number of amides is 2. The molecule has 0 aromatic heterocycles. The van der Waals surface area contributed by atoms with E-state index in [0.29, 0.717) is 0 Å². The van der Waals surface area contributed by atoms with Crippen LogP contribution in [0.2, 0.25) is 0 Å². The molecule has 0 heterocycles. The fraction of sp³-hybridized carbons (Fsp3) is 0.800. The van der Waals surface area contributed by atoms with Gasteiger partial charge in [0.1, 0.15) is 0 Å². The van der Waals surface area contributed by atoms with Gasteiger partial charge in [0.25, 0.3) is 0 Å². The van der Waals surface area contributed by atoms with Crippen molar-refractivity contribution >= 4 is 12.0 Å². The Balaban J connectivity index is 3.91. The Hall–Kier alpha value is -1.26. The van der Waals surface area contributed by atoms with Crippen LogP contribution in [0.4, 0.5) is 4.79 Å². The van der Waals surface area contributed by atoms with Crippen LogP contribution in [0.1, 0.15) is 34.1 Å². The number of carboxylic acids is 1. The van der Waals surface area contributed by atoms with Gasteiger partial charge >= 0.3 is 12.0 Å². The summed E-state index contributed by atoms with van der Waals surface area (Å²) in [5.74, 6) is -1.48. The SMILES string of the molecule is CCC(C)(C)NC(=O)NCC(C)C(=O)O. The van der Waals surface area contributed by atoms with Crippen molar-refractivity contribution < 1.29 is 14.7 Å². The van der Waals surface area contributed by atoms with E-state index >= 15 is 0 Å². The third-order valence-corrected chi connectivity index (χ3v) is 2.33. The average molecular weight is 216 g/mol. The third kappa shape index (κ3) is 5.93. The van der Waals surface area contributed by atoms with Gasteiger partial charge in [0, 0.05) is 12.1 Å². The average Bonchev–Trinajstić information content (AvgIpc) is 2.13. The van der Waals surface area contributed by atoms with Crippen LogP contribution in [0.5, 0.6) is 0 Å². The van der Waals surface area contributed by atoms with E-state index in [1.165, 1.54) is 0 Å². The maximum Gasteiger partial charge on any atom is 0.315 e. The minimum atomic E-state index is -0.912. The number of carbonyl (C=O) groups excluding carboxylic acids is 1. The Morgan fingerprint density at radius 3 is 2.33 bits per heavy atom. The second-order valence-corrected chi connectivity index (χ2v) is 4.31. The predicted molar refractivity (Wildman–Crippen MR) is 57.7 cm³/mol. The Morgan fingerprint density at radius 1 is 1.40 bits per heavy atom. The molecule has 0 rings (SSSR count). The van der Waals surface area contributed by atoms with Crippen LogP contribution >= 0.6 is 0 Å². The lowest BCUT2D eigenvalue weighted by molar-refractivity contribution is -0.140. The standard InChI is InChI=1S/C10H20N2O3/c1-5-10(3,4)12-9(15)11-6-7(2)8(13)14/h7H,5-6H2,1-4H3,(H,13,14)(H2,11,12,15). The summed E-state index contributed by atoms with van der Waals surface area (Å²) in [5.41, 5.74) is -0.267. The molecule has 0 aromatic rings. The number of hydrogen-bond acceptors (Lipinski definition) is 2. The zero-order chi connectivity index (χ0) is 12.1. The molecule has 3 N–H and O–H groups in total. The van der Waals surface area contributed by atoms with Crippen LogP contribution in [-0.4, -0.2) is 29.2 Å². The molecule has 88 valence electrons. The van der Waals surface area contributed by atoms with Crippen molar-refractivity contribution in [1.82, 2.24) is 10.6 Å². The number of rotatable bonds is 5. The first-order valence-electron chi connectivity index (χ1n) is 5.07. The Morgan fingerprint density at radius 2 is 1.93 bits per heavy atom. The van der Waals surface area contributed by atoms with Gasteiger partial charge in [0.2, 0.25) is 0 Å². The van der Waals surface area contributed by atoms with E-state index in [1.807, 2.05) is 20.8 Å². The minimum absolute atomic E-state index is 0.140. The lowest BCUT2D eigenvalue weighted by Gasteiger charge is -2.24. The molecule has 0 saturated heterocycles. The number of carbonyl (C=O) groups is 2. The summed E-state index contributed by atoms with van der Waals surface area (Å²) < 4.78 is 0. The zero-order valence-corrected chi connectivity index (χ0v) is 9.76. The normalized spacial score (nSPS) is 13.1. The van der Waals surface area contributed by atoms with Crippen LogP contribution in [0.3, 0.4) is 0 Å². The van der Waals surface area contributed by atoms with Gasteiger partial charge in [-0.05, 0) is 20.3 Å². The minimum Gasteiger partial charge on any atom is -0.481 e. The lowest BCUT2D eigenvalue weighted by atomic mass is 10.0. The van der Waals surface area contributed by atoms with Crippen LogP contribution in [-0.2, 0) is 4.79 Å². The fourth-order valence-corrected chi connectivity index (χ4v) is 0.773. The molecule has 0 spiro atoms. The zero-order valence-electron chi connectivity index (χ0n) is 9.76. The summed E-state index contributed by atoms with van der Waals surface area (Å²) in [6.07, 6.45) is 0.814. The van der Waals surface area contributed by atoms with Gasteiger partial charge in [-0.1, -0.05) is 13.8 Å². The van der Waals surface area contributed by atoms with Crippen LogP contribution in [0.25, 0.3) is 0 Å². The first kappa shape index (κ1) is 13.7. The smallest absolute Gasteiger partial charge is 0.315 e. The van der Waals surface area contributed by atoms with Crippen LogP contribution < -0.4 is 10.6 Å². The highest BCUT2D eigenvalue weighted by Crippen LogP contribution is 2.05. The van der Waals surface area contributed by atoms with Gasteiger partial charge in [-0.15, -0.1) is 0 Å². The first-order valence-corrected chi connectivity index (χ1v) is 5.07. The van der Waals surface area contributed by atoms with Crippen molar-refractivity contribution in [2.45, 2.75) is 39.7 Å². The van der Waals surface area contributed by atoms with Crippen LogP contribution in [0, 0.1) is 5.92 Å². The Labute approximate surface area is 90.2 Å². The van der Waals surface area contributed by atoms with Gasteiger partial charge in [-0.3, -0.25) is 4.79 Å². The number of hydrogen-bond donors (Lipinski definition) is 3. The highest BCUT2D eigenvalue weighted by Gasteiger charge is 2.18. The number of carboxylic acid groups (broad SMARTS) is 1. The van der Waals surface area contributed by atoms with Crippen molar-refractivity contribution in [2.75, 3.05) is 6.54 Å². The number of nitrogens with one attached hydrogen (secondary N) is 2. The van der Waals surface area contributed by atoms with Crippen molar-refractivity contribution in [3.05, 3.63) is 0 Å². The molecule has 5 heteroatoms. The van der Waals surface area contributed by atoms with E-state index in [2.05, 4.69) is 10.6 Å². The van der Waals surface area contributed by atoms with E-state index in [-0.39, 0.29) is 18.1 Å². The molecule has 5 nitrogen and oxygen atoms in total. The molecule has 1 atom stereocenters. The molecule has 15 heavy (non-hydrogen) atoms. The predicted octanol–water partition coefficient (Wildman–Crippen LogP) is 1.19. The molecule has 0 aliphatic rings. The maximum atomic E-state index is 11.3. The molecule has 0 bridgehead atoms. The molecule has 0 aromatic carbocycles. The largest absolute Gasteiger partial charge is 0.481 e. The summed E-state index contributed by atoms with van der Waals surface area (Å²) >= 11 is 0. The van der Waals surface area contributed by atoms with E-state index in [0.717, 1.165) is 6.42 Å². The second-order valence-electron chi connectivity index (χ2n) is 4.31. The highest BCUT2D eigenvalue weighted by atomic mass is 16.4. The van der Waals surface area contributed by atoms with Crippen molar-refractivity contribution in [2.24, 2.45) is 5.92 Å². The topological polar surface area (TPSA) is 78.4 Å². The first-order chi connectivity index (χ1) is 6.78. The van der Waals surface area contributed by atoms with E-state index in [1.54, 1.807) is 6.92 Å². The molecular formula is C10H20N2O3. The number of urea groups is 1. The van der Waals surface area contributed by atoms with E-state index in [9.17, 15) is 9.59 Å². The van der Waals surface area contributed by atoms with Gasteiger partial charge in [-0.25, -0.2) is 4.79 Å². The van der Waals surface area contributed by atoms with Gasteiger partial charge in [0.05, 0.1) is 5.92 Å². The molecule has 1 unspecified atom stereocenters. The Bertz CT molecular complexity index is 239.